The number of fused-ring (bicyclic) bond motifs is 1. The Kier molecular flexibility index (Phi) is 4.14. The molecular weight excluding hydrogens is 338 g/mol. The number of nitrogens with one attached hydrogen (secondary N) is 1. The van der Waals surface area contributed by atoms with Crippen molar-refractivity contribution in [3.05, 3.63) is 59.7 Å². The molecular formula is C18H15N3O5. The van der Waals surface area contributed by atoms with Gasteiger partial charge < -0.3 is 24.1 Å². The molecule has 0 saturated heterocycles. The van der Waals surface area contributed by atoms with E-state index in [1.54, 1.807) is 49.4 Å². The maximum atomic E-state index is 12.4. The summed E-state index contributed by atoms with van der Waals surface area (Å²) in [5, 5.41) is 6.57. The lowest BCUT2D eigenvalue weighted by molar-refractivity contribution is 0.102. The number of carbonyl (C=O) groups is 1. The predicted molar refractivity (Wildman–Crippen MR) is 90.3 cm³/mol. The Hall–Kier alpha value is -3.55. The van der Waals surface area contributed by atoms with Crippen LogP contribution in [0.5, 0.6) is 17.2 Å². The predicted octanol–water partition coefficient (Wildman–Crippen LogP) is 2.94. The molecule has 0 radical (unpaired) electrons. The lowest BCUT2D eigenvalue weighted by Gasteiger charge is -2.07. The molecule has 8 heteroatoms. The van der Waals surface area contributed by atoms with Crippen LogP contribution in [0.2, 0.25) is 0 Å². The Morgan fingerprint density at radius 1 is 1.15 bits per heavy atom. The third-order valence-corrected chi connectivity index (χ3v) is 3.68. The molecule has 1 aromatic heterocycles. The van der Waals surface area contributed by atoms with Gasteiger partial charge in [-0.2, -0.15) is 4.98 Å². The van der Waals surface area contributed by atoms with E-state index in [2.05, 4.69) is 15.5 Å². The zero-order valence-electron chi connectivity index (χ0n) is 13.9. The first-order chi connectivity index (χ1) is 12.7. The van der Waals surface area contributed by atoms with E-state index in [-0.39, 0.29) is 19.3 Å². The standard InChI is InChI=1S/C18H15N3O5/c1-11-19-17(21-26-11)9-23-14-5-2-12(3-6-14)18(22)20-13-4-7-15-16(8-13)25-10-24-15/h2-8H,9-10H2,1H3,(H,20,22). The molecule has 1 aliphatic rings. The molecule has 0 bridgehead atoms. The third kappa shape index (κ3) is 3.44. The number of hydrogen-bond donors (Lipinski definition) is 1. The topological polar surface area (TPSA) is 95.7 Å². The van der Waals surface area contributed by atoms with E-state index >= 15 is 0 Å². The van der Waals surface area contributed by atoms with E-state index in [9.17, 15) is 4.79 Å². The van der Waals surface area contributed by atoms with Gasteiger partial charge >= 0.3 is 0 Å². The fourth-order valence-corrected chi connectivity index (χ4v) is 2.43. The van der Waals surface area contributed by atoms with Crippen molar-refractivity contribution in [1.82, 2.24) is 10.1 Å². The number of aromatic nitrogens is 2. The van der Waals surface area contributed by atoms with Gasteiger partial charge in [0.1, 0.15) is 5.75 Å². The summed E-state index contributed by atoms with van der Waals surface area (Å²) in [6, 6.07) is 12.0. The molecule has 0 spiro atoms. The maximum Gasteiger partial charge on any atom is 0.255 e. The van der Waals surface area contributed by atoms with Gasteiger partial charge in [0.15, 0.2) is 18.1 Å². The molecule has 0 atom stereocenters. The molecule has 1 amide bonds. The second-order valence-corrected chi connectivity index (χ2v) is 5.56. The number of amides is 1. The van der Waals surface area contributed by atoms with E-state index < -0.39 is 0 Å². The van der Waals surface area contributed by atoms with Gasteiger partial charge in [-0.3, -0.25) is 4.79 Å². The minimum atomic E-state index is -0.232. The Morgan fingerprint density at radius 3 is 2.73 bits per heavy atom. The van der Waals surface area contributed by atoms with Crippen LogP contribution in [0.3, 0.4) is 0 Å². The van der Waals surface area contributed by atoms with Gasteiger partial charge in [-0.05, 0) is 36.4 Å². The lowest BCUT2D eigenvalue weighted by Crippen LogP contribution is -2.11. The number of rotatable bonds is 5. The van der Waals surface area contributed by atoms with Crippen molar-refractivity contribution in [2.45, 2.75) is 13.5 Å². The van der Waals surface area contributed by atoms with Gasteiger partial charge in [0, 0.05) is 24.2 Å². The SMILES string of the molecule is Cc1nc(COc2ccc(C(=O)Nc3ccc4c(c3)OCO4)cc2)no1. The molecule has 4 rings (SSSR count). The Morgan fingerprint density at radius 2 is 1.96 bits per heavy atom. The van der Waals surface area contributed by atoms with E-state index in [1.807, 2.05) is 0 Å². The minimum Gasteiger partial charge on any atom is -0.485 e. The van der Waals surface area contributed by atoms with Crippen molar-refractivity contribution in [3.63, 3.8) is 0 Å². The van der Waals surface area contributed by atoms with Gasteiger partial charge in [0.05, 0.1) is 0 Å². The average molecular weight is 353 g/mol. The van der Waals surface area contributed by atoms with Crippen molar-refractivity contribution in [1.29, 1.82) is 0 Å². The summed E-state index contributed by atoms with van der Waals surface area (Å²) in [6.07, 6.45) is 0. The summed E-state index contributed by atoms with van der Waals surface area (Å²) in [7, 11) is 0. The van der Waals surface area contributed by atoms with Crippen LogP contribution in [-0.4, -0.2) is 22.8 Å². The summed E-state index contributed by atoms with van der Waals surface area (Å²) >= 11 is 0. The first kappa shape index (κ1) is 15.9. The van der Waals surface area contributed by atoms with Crippen LogP contribution in [0.15, 0.2) is 47.0 Å². The molecule has 0 fully saturated rings. The number of ether oxygens (including phenoxy) is 3. The van der Waals surface area contributed by atoms with E-state index in [1.165, 1.54) is 0 Å². The molecule has 0 aliphatic carbocycles. The third-order valence-electron chi connectivity index (χ3n) is 3.68. The van der Waals surface area contributed by atoms with Gasteiger partial charge in [-0.15, -0.1) is 0 Å². The summed E-state index contributed by atoms with van der Waals surface area (Å²) < 4.78 is 21.0. The largest absolute Gasteiger partial charge is 0.485 e. The highest BCUT2D eigenvalue weighted by atomic mass is 16.7. The van der Waals surface area contributed by atoms with Crippen LogP contribution in [0.1, 0.15) is 22.1 Å². The molecule has 132 valence electrons. The second-order valence-electron chi connectivity index (χ2n) is 5.56. The summed E-state index contributed by atoms with van der Waals surface area (Å²) in [6.45, 7) is 2.10. The van der Waals surface area contributed by atoms with Gasteiger partial charge in [-0.1, -0.05) is 5.16 Å². The van der Waals surface area contributed by atoms with Crippen LogP contribution < -0.4 is 19.5 Å². The molecule has 2 heterocycles. The minimum absolute atomic E-state index is 0.192. The molecule has 1 N–H and O–H groups in total. The highest BCUT2D eigenvalue weighted by Gasteiger charge is 2.14. The number of benzene rings is 2. The molecule has 2 aromatic carbocycles. The Bertz CT molecular complexity index is 936. The fourth-order valence-electron chi connectivity index (χ4n) is 2.43. The van der Waals surface area contributed by atoms with Crippen molar-refractivity contribution in [2.75, 3.05) is 12.1 Å². The maximum absolute atomic E-state index is 12.4. The number of carbonyl (C=O) groups excluding carboxylic acids is 1. The van der Waals surface area contributed by atoms with E-state index in [0.717, 1.165) is 0 Å². The molecule has 26 heavy (non-hydrogen) atoms. The second kappa shape index (κ2) is 6.75. The van der Waals surface area contributed by atoms with Crippen LogP contribution in [0.25, 0.3) is 0 Å². The number of nitrogens with zero attached hydrogens (tertiary/aromatic N) is 2. The van der Waals surface area contributed by atoms with Gasteiger partial charge in [0.2, 0.25) is 18.5 Å². The first-order valence-corrected chi connectivity index (χ1v) is 7.90. The highest BCUT2D eigenvalue weighted by molar-refractivity contribution is 6.04. The number of aryl methyl sites for hydroxylation is 1. The van der Waals surface area contributed by atoms with Crippen molar-refractivity contribution < 1.29 is 23.5 Å². The van der Waals surface area contributed by atoms with E-state index in [4.69, 9.17) is 18.7 Å². The summed E-state index contributed by atoms with van der Waals surface area (Å²) in [5.41, 5.74) is 1.14. The lowest BCUT2D eigenvalue weighted by atomic mass is 10.2. The molecule has 3 aromatic rings. The fraction of sp³-hybridized carbons (Fsp3) is 0.167. The van der Waals surface area contributed by atoms with Crippen LogP contribution >= 0.6 is 0 Å². The quantitative estimate of drug-likeness (QED) is 0.753. The van der Waals surface area contributed by atoms with E-state index in [0.29, 0.717) is 40.2 Å². The van der Waals surface area contributed by atoms with Crippen molar-refractivity contribution >= 4 is 11.6 Å². The van der Waals surface area contributed by atoms with Gasteiger partial charge in [-0.25, -0.2) is 0 Å². The van der Waals surface area contributed by atoms with Crippen LogP contribution in [-0.2, 0) is 6.61 Å². The zero-order chi connectivity index (χ0) is 17.9. The molecule has 0 unspecified atom stereocenters. The molecule has 8 nitrogen and oxygen atoms in total. The van der Waals surface area contributed by atoms with Crippen LogP contribution in [0.4, 0.5) is 5.69 Å². The van der Waals surface area contributed by atoms with Gasteiger partial charge in [0.25, 0.3) is 5.91 Å². The average Bonchev–Trinajstić information content (AvgIpc) is 3.28. The van der Waals surface area contributed by atoms with Crippen LogP contribution in [0, 0.1) is 6.92 Å². The monoisotopic (exact) mass is 353 g/mol. The van der Waals surface area contributed by atoms with Crippen molar-refractivity contribution in [2.24, 2.45) is 0 Å². The smallest absolute Gasteiger partial charge is 0.255 e. The first-order valence-electron chi connectivity index (χ1n) is 7.90. The highest BCUT2D eigenvalue weighted by Crippen LogP contribution is 2.34. The molecule has 1 aliphatic heterocycles. The zero-order valence-corrected chi connectivity index (χ0v) is 13.9. The van der Waals surface area contributed by atoms with Crippen molar-refractivity contribution in [3.8, 4) is 17.2 Å². The summed E-state index contributed by atoms with van der Waals surface area (Å²) in [5.74, 6) is 2.60. The normalized spacial score (nSPS) is 12.0. The number of anilines is 1. The Labute approximate surface area is 148 Å². The molecule has 0 saturated carbocycles. The summed E-state index contributed by atoms with van der Waals surface area (Å²) in [4.78, 5) is 16.4. The number of hydrogen-bond acceptors (Lipinski definition) is 7. The Balaban J connectivity index is 1.37.